The molecule has 2 N–H and O–H groups in total. The van der Waals surface area contributed by atoms with E-state index in [4.69, 9.17) is 0 Å². The summed E-state index contributed by atoms with van der Waals surface area (Å²) in [5, 5.41) is 8.85. The molecule has 1 rings (SSSR count). The Morgan fingerprint density at radius 2 is 2.14 bits per heavy atom. The van der Waals surface area contributed by atoms with Crippen LogP contribution in [0.1, 0.15) is 18.2 Å². The third-order valence-electron chi connectivity index (χ3n) is 1.88. The van der Waals surface area contributed by atoms with Crippen LogP contribution in [0.3, 0.4) is 0 Å². The fourth-order valence-electron chi connectivity index (χ4n) is 1.17. The monoisotopic (exact) mass is 276 g/mol. The van der Waals surface area contributed by atoms with Crippen LogP contribution >= 0.6 is 27.3 Å². The van der Waals surface area contributed by atoms with E-state index in [0.717, 1.165) is 26.2 Å². The molecule has 0 unspecified atom stereocenters. The van der Waals surface area contributed by atoms with E-state index in [1.807, 2.05) is 0 Å². The van der Waals surface area contributed by atoms with E-state index < -0.39 is 0 Å². The minimum atomic E-state index is 0.988. The minimum absolute atomic E-state index is 0.988. The number of halogens is 1. The fourth-order valence-corrected chi connectivity index (χ4v) is 2.59. The highest BCUT2D eigenvalue weighted by Gasteiger charge is 1.96. The zero-order chi connectivity index (χ0) is 10.2. The van der Waals surface area contributed by atoms with Gasteiger partial charge in [0.15, 0.2) is 0 Å². The largest absolute Gasteiger partial charge is 0.317 e. The lowest BCUT2D eigenvalue weighted by Gasteiger charge is -2.03. The van der Waals surface area contributed by atoms with Crippen molar-refractivity contribution >= 4 is 27.3 Å². The summed E-state index contributed by atoms with van der Waals surface area (Å²) in [4.78, 5) is 1.39. The Kier molecular flexibility index (Phi) is 6.43. The molecule has 0 spiro atoms. The predicted molar refractivity (Wildman–Crippen MR) is 66.9 cm³/mol. The summed E-state index contributed by atoms with van der Waals surface area (Å²) < 4.78 is 1.19. The van der Waals surface area contributed by atoms with Crippen LogP contribution in [0.4, 0.5) is 0 Å². The SMILES string of the molecule is CCNCCCNCc1cc(Br)cs1. The number of nitrogens with one attached hydrogen (secondary N) is 2. The van der Waals surface area contributed by atoms with Crippen molar-refractivity contribution in [2.75, 3.05) is 19.6 Å². The van der Waals surface area contributed by atoms with Gasteiger partial charge in [0.05, 0.1) is 0 Å². The van der Waals surface area contributed by atoms with Crippen LogP contribution in [-0.2, 0) is 6.54 Å². The maximum Gasteiger partial charge on any atom is 0.0300 e. The maximum atomic E-state index is 3.45. The van der Waals surface area contributed by atoms with Gasteiger partial charge in [-0.2, -0.15) is 0 Å². The van der Waals surface area contributed by atoms with E-state index in [2.05, 4.69) is 44.9 Å². The molecule has 0 aliphatic heterocycles. The molecule has 0 fully saturated rings. The lowest BCUT2D eigenvalue weighted by atomic mass is 10.4. The van der Waals surface area contributed by atoms with E-state index >= 15 is 0 Å². The molecule has 1 aromatic heterocycles. The van der Waals surface area contributed by atoms with Gasteiger partial charge in [0.1, 0.15) is 0 Å². The van der Waals surface area contributed by atoms with Gasteiger partial charge in [0, 0.05) is 21.3 Å². The summed E-state index contributed by atoms with van der Waals surface area (Å²) in [5.41, 5.74) is 0. The first-order valence-electron chi connectivity index (χ1n) is 4.97. The van der Waals surface area contributed by atoms with Crippen molar-refractivity contribution in [3.8, 4) is 0 Å². The summed E-state index contributed by atoms with van der Waals surface area (Å²) in [6, 6.07) is 2.17. The molecule has 0 aromatic carbocycles. The summed E-state index contributed by atoms with van der Waals surface area (Å²) in [6.07, 6.45) is 1.19. The Balaban J connectivity index is 1.99. The molecule has 0 aliphatic rings. The standard InChI is InChI=1S/C10H17BrN2S/c1-2-12-4-3-5-13-7-10-6-9(11)8-14-10/h6,8,12-13H,2-5,7H2,1H3. The first-order valence-corrected chi connectivity index (χ1v) is 6.64. The molecule has 0 radical (unpaired) electrons. The van der Waals surface area contributed by atoms with Gasteiger partial charge in [0.25, 0.3) is 0 Å². The van der Waals surface area contributed by atoms with Crippen LogP contribution in [0.25, 0.3) is 0 Å². The van der Waals surface area contributed by atoms with Crippen molar-refractivity contribution in [2.45, 2.75) is 19.9 Å². The third kappa shape index (κ3) is 5.10. The van der Waals surface area contributed by atoms with Crippen molar-refractivity contribution in [1.82, 2.24) is 10.6 Å². The van der Waals surface area contributed by atoms with Crippen molar-refractivity contribution in [3.63, 3.8) is 0 Å². The van der Waals surface area contributed by atoms with E-state index in [1.54, 1.807) is 11.3 Å². The molecule has 0 bridgehead atoms. The predicted octanol–water partition coefficient (Wildman–Crippen LogP) is 2.60. The summed E-state index contributed by atoms with van der Waals surface area (Å²) >= 11 is 5.24. The molecule has 0 saturated carbocycles. The lowest BCUT2D eigenvalue weighted by Crippen LogP contribution is -2.21. The van der Waals surface area contributed by atoms with Crippen LogP contribution in [0.2, 0.25) is 0 Å². The van der Waals surface area contributed by atoms with Gasteiger partial charge in [-0.3, -0.25) is 0 Å². The van der Waals surface area contributed by atoms with Crippen molar-refractivity contribution in [2.24, 2.45) is 0 Å². The molecule has 0 amide bonds. The van der Waals surface area contributed by atoms with E-state index in [1.165, 1.54) is 15.8 Å². The van der Waals surface area contributed by atoms with Gasteiger partial charge >= 0.3 is 0 Å². The van der Waals surface area contributed by atoms with Crippen LogP contribution < -0.4 is 10.6 Å². The van der Waals surface area contributed by atoms with Crippen LogP contribution in [0.15, 0.2) is 15.9 Å². The van der Waals surface area contributed by atoms with Crippen molar-refractivity contribution in [1.29, 1.82) is 0 Å². The van der Waals surface area contributed by atoms with Crippen LogP contribution in [0.5, 0.6) is 0 Å². The molecular weight excluding hydrogens is 260 g/mol. The highest BCUT2D eigenvalue weighted by Crippen LogP contribution is 2.19. The summed E-state index contributed by atoms with van der Waals surface area (Å²) in [5.74, 6) is 0. The lowest BCUT2D eigenvalue weighted by molar-refractivity contribution is 0.609. The highest BCUT2D eigenvalue weighted by atomic mass is 79.9. The zero-order valence-corrected chi connectivity index (χ0v) is 10.9. The summed E-state index contributed by atoms with van der Waals surface area (Å²) in [7, 11) is 0. The molecule has 0 atom stereocenters. The van der Waals surface area contributed by atoms with E-state index in [0.29, 0.717) is 0 Å². The minimum Gasteiger partial charge on any atom is -0.317 e. The molecular formula is C10H17BrN2S. The van der Waals surface area contributed by atoms with Gasteiger partial charge in [-0.1, -0.05) is 6.92 Å². The van der Waals surface area contributed by atoms with Gasteiger partial charge in [-0.05, 0) is 48.1 Å². The number of hydrogen-bond acceptors (Lipinski definition) is 3. The quantitative estimate of drug-likeness (QED) is 0.749. The molecule has 0 saturated heterocycles. The molecule has 2 nitrogen and oxygen atoms in total. The van der Waals surface area contributed by atoms with Gasteiger partial charge in [0.2, 0.25) is 0 Å². The van der Waals surface area contributed by atoms with Gasteiger partial charge < -0.3 is 10.6 Å². The van der Waals surface area contributed by atoms with E-state index in [-0.39, 0.29) is 0 Å². The topological polar surface area (TPSA) is 24.1 Å². The number of thiophene rings is 1. The Labute approximate surface area is 98.2 Å². The Hall–Kier alpha value is 0.1000. The second-order valence-corrected chi connectivity index (χ2v) is 5.03. The number of rotatable bonds is 7. The average Bonchev–Trinajstić information content (AvgIpc) is 2.58. The smallest absolute Gasteiger partial charge is 0.0300 e. The molecule has 14 heavy (non-hydrogen) atoms. The molecule has 80 valence electrons. The second-order valence-electron chi connectivity index (χ2n) is 3.12. The van der Waals surface area contributed by atoms with Crippen molar-refractivity contribution in [3.05, 3.63) is 20.8 Å². The molecule has 1 aromatic rings. The normalized spacial score (nSPS) is 10.7. The molecule has 1 heterocycles. The first-order chi connectivity index (χ1) is 6.83. The Bertz CT molecular complexity index is 250. The average molecular weight is 277 g/mol. The number of hydrogen-bond donors (Lipinski definition) is 2. The second kappa shape index (κ2) is 7.40. The molecule has 4 heteroatoms. The third-order valence-corrected chi connectivity index (χ3v) is 3.58. The van der Waals surface area contributed by atoms with Crippen LogP contribution in [-0.4, -0.2) is 19.6 Å². The maximum absolute atomic E-state index is 3.45. The van der Waals surface area contributed by atoms with Crippen LogP contribution in [0, 0.1) is 0 Å². The summed E-state index contributed by atoms with van der Waals surface area (Å²) in [6.45, 7) is 6.39. The van der Waals surface area contributed by atoms with Gasteiger partial charge in [-0.15, -0.1) is 11.3 Å². The zero-order valence-electron chi connectivity index (χ0n) is 8.48. The highest BCUT2D eigenvalue weighted by molar-refractivity contribution is 9.10. The first kappa shape index (κ1) is 12.2. The van der Waals surface area contributed by atoms with E-state index in [9.17, 15) is 0 Å². The Morgan fingerprint density at radius 3 is 2.79 bits per heavy atom. The fraction of sp³-hybridized carbons (Fsp3) is 0.600. The Morgan fingerprint density at radius 1 is 1.36 bits per heavy atom. The molecule has 0 aliphatic carbocycles. The van der Waals surface area contributed by atoms with Gasteiger partial charge in [-0.25, -0.2) is 0 Å². The van der Waals surface area contributed by atoms with Crippen molar-refractivity contribution < 1.29 is 0 Å².